The summed E-state index contributed by atoms with van der Waals surface area (Å²) < 4.78 is 32.5. The van der Waals surface area contributed by atoms with Gasteiger partial charge in [0.15, 0.2) is 6.61 Å². The molecule has 0 spiro atoms. The van der Waals surface area contributed by atoms with Gasteiger partial charge >= 0.3 is 0 Å². The molecular formula is C19H23ClN2O4S2. The Morgan fingerprint density at radius 2 is 1.89 bits per heavy atom. The van der Waals surface area contributed by atoms with Gasteiger partial charge in [-0.05, 0) is 42.7 Å². The van der Waals surface area contributed by atoms with Gasteiger partial charge in [-0.1, -0.05) is 31.5 Å². The Bertz CT molecular complexity index is 931. The molecule has 0 fully saturated rings. The summed E-state index contributed by atoms with van der Waals surface area (Å²) in [4.78, 5) is 13.2. The van der Waals surface area contributed by atoms with Gasteiger partial charge in [-0.2, -0.15) is 4.31 Å². The number of amides is 1. The number of anilines is 1. The lowest BCUT2D eigenvalue weighted by Crippen LogP contribution is -2.31. The van der Waals surface area contributed by atoms with E-state index in [1.807, 2.05) is 24.5 Å². The molecule has 1 N–H and O–H groups in total. The van der Waals surface area contributed by atoms with Gasteiger partial charge in [0.25, 0.3) is 5.91 Å². The average molecular weight is 443 g/mol. The number of sulfonamides is 1. The number of hydrogen-bond acceptors (Lipinski definition) is 5. The van der Waals surface area contributed by atoms with Crippen LogP contribution < -0.4 is 10.1 Å². The second-order valence-electron chi connectivity index (χ2n) is 5.75. The van der Waals surface area contributed by atoms with E-state index in [1.54, 1.807) is 31.7 Å². The number of benzene rings is 2. The Balaban J connectivity index is 2.17. The van der Waals surface area contributed by atoms with Crippen LogP contribution in [0, 0.1) is 0 Å². The van der Waals surface area contributed by atoms with Crippen molar-refractivity contribution in [3.63, 3.8) is 0 Å². The summed E-state index contributed by atoms with van der Waals surface area (Å²) in [5.41, 5.74) is 0.646. The highest BCUT2D eigenvalue weighted by molar-refractivity contribution is 7.98. The molecule has 1 amide bonds. The molecule has 2 aromatic rings. The van der Waals surface area contributed by atoms with Gasteiger partial charge in [-0.3, -0.25) is 4.79 Å². The van der Waals surface area contributed by atoms with E-state index in [9.17, 15) is 13.2 Å². The maximum Gasteiger partial charge on any atom is 0.262 e. The van der Waals surface area contributed by atoms with Gasteiger partial charge in [0.1, 0.15) is 10.6 Å². The van der Waals surface area contributed by atoms with Crippen molar-refractivity contribution < 1.29 is 17.9 Å². The van der Waals surface area contributed by atoms with Gasteiger partial charge in [0, 0.05) is 28.7 Å². The number of nitrogens with zero attached hydrogens (tertiary/aromatic N) is 1. The second kappa shape index (κ2) is 10.2. The van der Waals surface area contributed by atoms with Gasteiger partial charge in [0.2, 0.25) is 10.0 Å². The molecule has 0 aliphatic heterocycles. The van der Waals surface area contributed by atoms with E-state index < -0.39 is 10.0 Å². The van der Waals surface area contributed by atoms with Crippen LogP contribution in [0.2, 0.25) is 5.02 Å². The Kier molecular flexibility index (Phi) is 8.18. The molecule has 28 heavy (non-hydrogen) atoms. The molecule has 6 nitrogen and oxygen atoms in total. The third-order valence-corrected chi connectivity index (χ3v) is 6.97. The second-order valence-corrected chi connectivity index (χ2v) is 8.97. The predicted molar refractivity (Wildman–Crippen MR) is 114 cm³/mol. The van der Waals surface area contributed by atoms with Crippen molar-refractivity contribution in [2.75, 3.05) is 31.3 Å². The van der Waals surface area contributed by atoms with Crippen LogP contribution in [-0.2, 0) is 14.8 Å². The fourth-order valence-electron chi connectivity index (χ4n) is 2.55. The first kappa shape index (κ1) is 22.5. The summed E-state index contributed by atoms with van der Waals surface area (Å²) in [6, 6.07) is 11.7. The lowest BCUT2D eigenvalue weighted by Gasteiger charge is -2.20. The van der Waals surface area contributed by atoms with Crippen LogP contribution in [0.15, 0.2) is 52.3 Å². The lowest BCUT2D eigenvalue weighted by atomic mass is 10.3. The van der Waals surface area contributed by atoms with Crippen LogP contribution in [0.4, 0.5) is 5.69 Å². The molecule has 2 rings (SSSR count). The van der Waals surface area contributed by atoms with E-state index in [1.165, 1.54) is 22.5 Å². The standard InChI is InChI=1S/C19H23ClN2O4S2/c1-4-22(5-2)28(24,25)18-11-14(20)9-10-17(18)26-13-19(23)21-15-7-6-8-16(12-15)27-3/h6-12H,4-5,13H2,1-3H3,(H,21,23). The molecule has 0 aromatic heterocycles. The van der Waals surface area contributed by atoms with E-state index in [-0.39, 0.29) is 28.2 Å². The summed E-state index contributed by atoms with van der Waals surface area (Å²) in [6.07, 6.45) is 1.95. The molecule has 0 saturated heterocycles. The van der Waals surface area contributed by atoms with Crippen molar-refractivity contribution in [3.05, 3.63) is 47.5 Å². The molecule has 0 aliphatic rings. The number of carbonyl (C=O) groups is 1. The van der Waals surface area contributed by atoms with E-state index >= 15 is 0 Å². The number of carbonyl (C=O) groups excluding carboxylic acids is 1. The quantitative estimate of drug-likeness (QED) is 0.591. The van der Waals surface area contributed by atoms with Crippen LogP contribution in [0.5, 0.6) is 5.75 Å². The van der Waals surface area contributed by atoms with E-state index in [0.717, 1.165) is 4.90 Å². The van der Waals surface area contributed by atoms with Gasteiger partial charge in [-0.15, -0.1) is 11.8 Å². The predicted octanol–water partition coefficient (Wildman–Crippen LogP) is 4.11. The molecule has 0 heterocycles. The van der Waals surface area contributed by atoms with Crippen molar-refractivity contribution >= 4 is 45.0 Å². The topological polar surface area (TPSA) is 75.7 Å². The number of thioether (sulfide) groups is 1. The SMILES string of the molecule is CCN(CC)S(=O)(=O)c1cc(Cl)ccc1OCC(=O)Nc1cccc(SC)c1. The first-order valence-corrected chi connectivity index (χ1v) is 11.7. The Morgan fingerprint density at radius 1 is 1.18 bits per heavy atom. The van der Waals surface area contributed by atoms with Crippen molar-refractivity contribution in [2.45, 2.75) is 23.6 Å². The average Bonchev–Trinajstić information content (AvgIpc) is 2.67. The highest BCUT2D eigenvalue weighted by Gasteiger charge is 2.26. The van der Waals surface area contributed by atoms with Crippen LogP contribution >= 0.6 is 23.4 Å². The van der Waals surface area contributed by atoms with Gasteiger partial charge in [0.05, 0.1) is 0 Å². The fourth-order valence-corrected chi connectivity index (χ4v) is 4.86. The number of hydrogen-bond donors (Lipinski definition) is 1. The zero-order valence-electron chi connectivity index (χ0n) is 15.9. The van der Waals surface area contributed by atoms with Crippen molar-refractivity contribution in [1.29, 1.82) is 0 Å². The maximum atomic E-state index is 12.9. The summed E-state index contributed by atoms with van der Waals surface area (Å²) in [5.74, 6) is -0.302. The first-order chi connectivity index (χ1) is 13.3. The van der Waals surface area contributed by atoms with E-state index in [2.05, 4.69) is 5.32 Å². The number of halogens is 1. The molecular weight excluding hydrogens is 420 g/mol. The molecule has 0 saturated carbocycles. The third kappa shape index (κ3) is 5.64. The van der Waals surface area contributed by atoms with Crippen LogP contribution in [0.1, 0.15) is 13.8 Å². The molecule has 0 unspecified atom stereocenters. The molecule has 152 valence electrons. The summed E-state index contributed by atoms with van der Waals surface area (Å²) in [6.45, 7) is 3.81. The number of nitrogens with one attached hydrogen (secondary N) is 1. The minimum absolute atomic E-state index is 0.0547. The summed E-state index contributed by atoms with van der Waals surface area (Å²) in [5, 5.41) is 3.01. The molecule has 0 atom stereocenters. The zero-order valence-corrected chi connectivity index (χ0v) is 18.3. The molecule has 0 aliphatic carbocycles. The highest BCUT2D eigenvalue weighted by Crippen LogP contribution is 2.30. The van der Waals surface area contributed by atoms with Gasteiger partial charge in [-0.25, -0.2) is 8.42 Å². The summed E-state index contributed by atoms with van der Waals surface area (Å²) >= 11 is 7.56. The minimum atomic E-state index is -3.78. The normalized spacial score (nSPS) is 11.5. The number of ether oxygens (including phenoxy) is 1. The van der Waals surface area contributed by atoms with E-state index in [0.29, 0.717) is 18.8 Å². The van der Waals surface area contributed by atoms with Crippen LogP contribution in [0.25, 0.3) is 0 Å². The molecule has 0 bridgehead atoms. The Hall–Kier alpha value is -1.74. The lowest BCUT2D eigenvalue weighted by molar-refractivity contribution is -0.118. The maximum absolute atomic E-state index is 12.9. The third-order valence-electron chi connectivity index (χ3n) is 3.94. The van der Waals surface area contributed by atoms with Crippen LogP contribution in [0.3, 0.4) is 0 Å². The zero-order chi connectivity index (χ0) is 20.7. The Labute approximate surface area is 175 Å². The highest BCUT2D eigenvalue weighted by atomic mass is 35.5. The van der Waals surface area contributed by atoms with Crippen molar-refractivity contribution in [3.8, 4) is 5.75 Å². The number of rotatable bonds is 9. The van der Waals surface area contributed by atoms with E-state index in [4.69, 9.17) is 16.3 Å². The molecule has 2 aromatic carbocycles. The van der Waals surface area contributed by atoms with Crippen molar-refractivity contribution in [1.82, 2.24) is 4.31 Å². The monoisotopic (exact) mass is 442 g/mol. The molecule has 0 radical (unpaired) electrons. The first-order valence-electron chi connectivity index (χ1n) is 8.68. The largest absolute Gasteiger partial charge is 0.482 e. The molecule has 9 heteroatoms. The van der Waals surface area contributed by atoms with Crippen LogP contribution in [-0.4, -0.2) is 44.6 Å². The fraction of sp³-hybridized carbons (Fsp3) is 0.316. The summed E-state index contributed by atoms with van der Waals surface area (Å²) in [7, 11) is -3.78. The Morgan fingerprint density at radius 3 is 2.54 bits per heavy atom. The van der Waals surface area contributed by atoms with Crippen molar-refractivity contribution in [2.24, 2.45) is 0 Å². The van der Waals surface area contributed by atoms with Gasteiger partial charge < -0.3 is 10.1 Å². The minimum Gasteiger partial charge on any atom is -0.482 e. The smallest absolute Gasteiger partial charge is 0.262 e.